The predicted octanol–water partition coefficient (Wildman–Crippen LogP) is 4.01. The molecule has 1 aliphatic heterocycles. The molecule has 2 aromatic carbocycles. The molecule has 0 aliphatic carbocycles. The number of aromatic nitrogens is 1. The molecule has 1 aliphatic rings. The Kier molecular flexibility index (Phi) is 4.44. The minimum atomic E-state index is -0.0608. The Hall–Kier alpha value is -3.08. The molecule has 27 heavy (non-hydrogen) atoms. The van der Waals surface area contributed by atoms with Crippen molar-refractivity contribution in [2.75, 3.05) is 20.8 Å². The predicted molar refractivity (Wildman–Crippen MR) is 104 cm³/mol. The Morgan fingerprint density at radius 1 is 1.07 bits per heavy atom. The normalized spacial score (nSPS) is 16.1. The van der Waals surface area contributed by atoms with E-state index in [-0.39, 0.29) is 11.9 Å². The molecule has 1 aromatic heterocycles. The molecule has 4 rings (SSSR count). The summed E-state index contributed by atoms with van der Waals surface area (Å²) in [5, 5.41) is 1.03. The number of carbonyl (C=O) groups excluding carboxylic acids is 1. The van der Waals surface area contributed by atoms with Gasteiger partial charge in [-0.1, -0.05) is 24.3 Å². The lowest BCUT2D eigenvalue weighted by atomic mass is 9.92. The molecule has 0 bridgehead atoms. The van der Waals surface area contributed by atoms with Gasteiger partial charge in [-0.3, -0.25) is 4.79 Å². The van der Waals surface area contributed by atoms with Gasteiger partial charge < -0.3 is 14.4 Å². The lowest BCUT2D eigenvalue weighted by Crippen LogP contribution is -2.39. The lowest BCUT2D eigenvalue weighted by molar-refractivity contribution is 0.0671. The summed E-state index contributed by atoms with van der Waals surface area (Å²) in [7, 11) is 3.26. The highest BCUT2D eigenvalue weighted by Crippen LogP contribution is 2.38. The Bertz CT molecular complexity index is 1020. The van der Waals surface area contributed by atoms with Crippen molar-refractivity contribution in [3.05, 3.63) is 65.4 Å². The second-order valence-electron chi connectivity index (χ2n) is 6.72. The van der Waals surface area contributed by atoms with E-state index in [1.807, 2.05) is 60.4 Å². The van der Waals surface area contributed by atoms with Crippen molar-refractivity contribution in [1.29, 1.82) is 0 Å². The number of ether oxygens (including phenoxy) is 2. The van der Waals surface area contributed by atoms with Gasteiger partial charge in [0.1, 0.15) is 5.69 Å². The summed E-state index contributed by atoms with van der Waals surface area (Å²) in [5.74, 6) is 1.36. The quantitative estimate of drug-likeness (QED) is 0.706. The van der Waals surface area contributed by atoms with Crippen LogP contribution in [0.1, 0.15) is 34.6 Å². The van der Waals surface area contributed by atoms with Crippen LogP contribution >= 0.6 is 0 Å². The smallest absolute Gasteiger partial charge is 0.272 e. The van der Waals surface area contributed by atoms with E-state index in [0.29, 0.717) is 18.0 Å². The van der Waals surface area contributed by atoms with Crippen molar-refractivity contribution >= 4 is 16.8 Å². The zero-order valence-electron chi connectivity index (χ0n) is 15.7. The fourth-order valence-corrected chi connectivity index (χ4v) is 3.75. The maximum absolute atomic E-state index is 13.1. The number of amides is 1. The first-order valence-electron chi connectivity index (χ1n) is 9.04. The van der Waals surface area contributed by atoms with Gasteiger partial charge in [0.05, 0.1) is 25.8 Å². The number of benzene rings is 2. The number of pyridine rings is 1. The summed E-state index contributed by atoms with van der Waals surface area (Å²) in [6.07, 6.45) is 0.777. The van der Waals surface area contributed by atoms with Crippen LogP contribution in [0.3, 0.4) is 0 Å². The Balaban J connectivity index is 1.67. The van der Waals surface area contributed by atoms with Crippen LogP contribution in [-0.2, 0) is 6.42 Å². The Labute approximate surface area is 158 Å². The van der Waals surface area contributed by atoms with Crippen molar-refractivity contribution in [1.82, 2.24) is 9.88 Å². The topological polar surface area (TPSA) is 51.7 Å². The van der Waals surface area contributed by atoms with Crippen molar-refractivity contribution in [3.63, 3.8) is 0 Å². The van der Waals surface area contributed by atoms with E-state index in [4.69, 9.17) is 9.47 Å². The van der Waals surface area contributed by atoms with Gasteiger partial charge in [0, 0.05) is 11.9 Å². The molecule has 1 atom stereocenters. The maximum Gasteiger partial charge on any atom is 0.272 e. The van der Waals surface area contributed by atoms with Crippen molar-refractivity contribution < 1.29 is 14.3 Å². The number of carbonyl (C=O) groups is 1. The maximum atomic E-state index is 13.1. The molecule has 138 valence electrons. The third-order valence-corrected chi connectivity index (χ3v) is 5.26. The number of hydrogen-bond acceptors (Lipinski definition) is 4. The first kappa shape index (κ1) is 17.3. The van der Waals surface area contributed by atoms with Gasteiger partial charge in [0.15, 0.2) is 11.5 Å². The SMILES string of the molecule is COc1cc2c(cc1OC)[C@@H](C)N(C(=O)c1ccc3ccccc3n1)CC2. The fraction of sp³-hybridized carbons (Fsp3) is 0.273. The molecule has 2 heterocycles. The van der Waals surface area contributed by atoms with Crippen LogP contribution in [0, 0.1) is 0 Å². The van der Waals surface area contributed by atoms with E-state index in [1.165, 1.54) is 5.56 Å². The first-order chi connectivity index (χ1) is 13.1. The number of nitrogens with zero attached hydrogens (tertiary/aromatic N) is 2. The van der Waals surface area contributed by atoms with Gasteiger partial charge in [-0.15, -0.1) is 0 Å². The van der Waals surface area contributed by atoms with E-state index in [9.17, 15) is 4.79 Å². The second kappa shape index (κ2) is 6.91. The summed E-state index contributed by atoms with van der Waals surface area (Å²) in [4.78, 5) is 19.6. The third kappa shape index (κ3) is 2.99. The molecule has 0 saturated carbocycles. The minimum absolute atomic E-state index is 0.0475. The molecule has 0 radical (unpaired) electrons. The van der Waals surface area contributed by atoms with Crippen LogP contribution in [0.5, 0.6) is 11.5 Å². The highest BCUT2D eigenvalue weighted by atomic mass is 16.5. The molecule has 3 aromatic rings. The van der Waals surface area contributed by atoms with Gasteiger partial charge in [-0.05, 0) is 48.7 Å². The summed E-state index contributed by atoms with van der Waals surface area (Å²) in [6.45, 7) is 2.69. The molecule has 0 N–H and O–H groups in total. The van der Waals surface area contributed by atoms with Gasteiger partial charge in [0.2, 0.25) is 0 Å². The van der Waals surface area contributed by atoms with E-state index >= 15 is 0 Å². The monoisotopic (exact) mass is 362 g/mol. The van der Waals surface area contributed by atoms with Gasteiger partial charge in [-0.2, -0.15) is 0 Å². The van der Waals surface area contributed by atoms with Gasteiger partial charge in [0.25, 0.3) is 5.91 Å². The highest BCUT2D eigenvalue weighted by molar-refractivity contribution is 5.95. The number of rotatable bonds is 3. The first-order valence-corrected chi connectivity index (χ1v) is 9.04. The molecule has 1 amide bonds. The molecular weight excluding hydrogens is 340 g/mol. The van der Waals surface area contributed by atoms with E-state index in [1.54, 1.807) is 14.2 Å². The van der Waals surface area contributed by atoms with Crippen LogP contribution in [0.2, 0.25) is 0 Å². The molecule has 5 nitrogen and oxygen atoms in total. The fourth-order valence-electron chi connectivity index (χ4n) is 3.75. The van der Waals surface area contributed by atoms with Gasteiger partial charge in [-0.25, -0.2) is 4.98 Å². The summed E-state index contributed by atoms with van der Waals surface area (Å²) >= 11 is 0. The van der Waals surface area contributed by atoms with Crippen molar-refractivity contribution in [2.45, 2.75) is 19.4 Å². The average molecular weight is 362 g/mol. The summed E-state index contributed by atoms with van der Waals surface area (Å²) < 4.78 is 10.8. The van der Waals surface area contributed by atoms with Crippen LogP contribution in [-0.4, -0.2) is 36.6 Å². The van der Waals surface area contributed by atoms with E-state index < -0.39 is 0 Å². The zero-order chi connectivity index (χ0) is 19.0. The Morgan fingerprint density at radius 3 is 2.59 bits per heavy atom. The highest BCUT2D eigenvalue weighted by Gasteiger charge is 2.30. The van der Waals surface area contributed by atoms with Crippen LogP contribution in [0.4, 0.5) is 0 Å². The van der Waals surface area contributed by atoms with Crippen molar-refractivity contribution in [2.24, 2.45) is 0 Å². The number of para-hydroxylation sites is 1. The van der Waals surface area contributed by atoms with Gasteiger partial charge >= 0.3 is 0 Å². The number of methoxy groups -OCH3 is 2. The molecule has 0 saturated heterocycles. The number of hydrogen-bond donors (Lipinski definition) is 0. The second-order valence-corrected chi connectivity index (χ2v) is 6.72. The standard InChI is InChI=1S/C22H22N2O3/c1-14-17-13-21(27-3)20(26-2)12-16(17)10-11-24(14)22(25)19-9-8-15-6-4-5-7-18(15)23-19/h4-9,12-14H,10-11H2,1-3H3/t14-/m1/s1. The summed E-state index contributed by atoms with van der Waals surface area (Å²) in [6, 6.07) is 15.5. The van der Waals surface area contributed by atoms with Crippen LogP contribution < -0.4 is 9.47 Å². The molecule has 0 unspecified atom stereocenters. The van der Waals surface area contributed by atoms with Crippen molar-refractivity contribution in [3.8, 4) is 11.5 Å². The van der Waals surface area contributed by atoms with Crippen LogP contribution in [0.25, 0.3) is 10.9 Å². The lowest BCUT2D eigenvalue weighted by Gasteiger charge is -2.35. The minimum Gasteiger partial charge on any atom is -0.493 e. The van der Waals surface area contributed by atoms with E-state index in [2.05, 4.69) is 4.98 Å². The molecule has 0 spiro atoms. The largest absolute Gasteiger partial charge is 0.493 e. The number of fused-ring (bicyclic) bond motifs is 2. The Morgan fingerprint density at radius 2 is 1.81 bits per heavy atom. The molecule has 5 heteroatoms. The summed E-state index contributed by atoms with van der Waals surface area (Å²) in [5.41, 5.74) is 3.59. The third-order valence-electron chi connectivity index (χ3n) is 5.26. The zero-order valence-corrected chi connectivity index (χ0v) is 15.7. The molecule has 0 fully saturated rings. The molecular formula is C22H22N2O3. The van der Waals surface area contributed by atoms with Crippen LogP contribution in [0.15, 0.2) is 48.5 Å². The van der Waals surface area contributed by atoms with E-state index in [0.717, 1.165) is 28.6 Å². The average Bonchev–Trinajstić information content (AvgIpc) is 2.72.